The molecule has 2 N–H and O–H groups in total. The number of fused-ring (bicyclic) bond motifs is 1. The fraction of sp³-hybridized carbons (Fsp3) is 0.423. The molecule has 1 atom stereocenters. The highest BCUT2D eigenvalue weighted by Gasteiger charge is 2.31. The number of sulfonamides is 1. The molecule has 2 aliphatic rings. The average molecular weight is 513 g/mol. The van der Waals surface area contributed by atoms with Gasteiger partial charge in [0.25, 0.3) is 0 Å². The first kappa shape index (κ1) is 24.8. The first-order chi connectivity index (χ1) is 17.5. The highest BCUT2D eigenvalue weighted by atomic mass is 32.2. The van der Waals surface area contributed by atoms with Gasteiger partial charge in [0, 0.05) is 61.1 Å². The van der Waals surface area contributed by atoms with Crippen molar-refractivity contribution >= 4 is 32.5 Å². The molecule has 36 heavy (non-hydrogen) atoms. The van der Waals surface area contributed by atoms with Crippen LogP contribution in [0.1, 0.15) is 12.8 Å². The summed E-state index contributed by atoms with van der Waals surface area (Å²) >= 11 is 0. The lowest BCUT2D eigenvalue weighted by atomic mass is 10.1. The molecule has 1 amide bonds. The lowest BCUT2D eigenvalue weighted by Crippen LogP contribution is -2.53. The van der Waals surface area contributed by atoms with E-state index in [1.807, 2.05) is 36.4 Å². The summed E-state index contributed by atoms with van der Waals surface area (Å²) in [4.78, 5) is 20.5. The molecule has 2 saturated heterocycles. The van der Waals surface area contributed by atoms with Crippen LogP contribution in [0.4, 0.5) is 5.69 Å². The van der Waals surface area contributed by atoms with Gasteiger partial charge in [0.1, 0.15) is 6.04 Å². The molecule has 3 heterocycles. The van der Waals surface area contributed by atoms with Crippen LogP contribution < -0.4 is 9.62 Å². The van der Waals surface area contributed by atoms with Crippen LogP contribution in [-0.2, 0) is 24.3 Å². The maximum atomic E-state index is 13.5. The van der Waals surface area contributed by atoms with Crippen LogP contribution >= 0.6 is 0 Å². The number of amides is 1. The molecule has 2 fully saturated rings. The lowest BCUT2D eigenvalue weighted by Gasteiger charge is -2.30. The van der Waals surface area contributed by atoms with Crippen LogP contribution in [-0.4, -0.2) is 83.4 Å². The number of carbonyl (C=O) groups is 1. The Morgan fingerprint density at radius 2 is 1.83 bits per heavy atom. The quantitative estimate of drug-likeness (QED) is 0.481. The number of nitrogens with zero attached hydrogens (tertiary/aromatic N) is 2. The van der Waals surface area contributed by atoms with Crippen LogP contribution in [0.2, 0.25) is 0 Å². The van der Waals surface area contributed by atoms with E-state index in [1.165, 1.54) is 7.11 Å². The number of hydrogen-bond donors (Lipinski definition) is 2. The van der Waals surface area contributed by atoms with Crippen molar-refractivity contribution in [1.29, 1.82) is 0 Å². The van der Waals surface area contributed by atoms with Gasteiger partial charge in [-0.3, -0.25) is 4.79 Å². The third-order valence-electron chi connectivity index (χ3n) is 6.80. The molecule has 1 unspecified atom stereocenters. The number of methoxy groups -OCH3 is 1. The first-order valence-electron chi connectivity index (χ1n) is 12.3. The van der Waals surface area contributed by atoms with Gasteiger partial charge in [-0.2, -0.15) is 4.72 Å². The lowest BCUT2D eigenvalue weighted by molar-refractivity contribution is -0.138. The van der Waals surface area contributed by atoms with E-state index in [0.717, 1.165) is 53.8 Å². The zero-order chi connectivity index (χ0) is 25.1. The van der Waals surface area contributed by atoms with Gasteiger partial charge in [0.15, 0.2) is 0 Å². The zero-order valence-corrected chi connectivity index (χ0v) is 21.2. The Balaban J connectivity index is 1.49. The van der Waals surface area contributed by atoms with E-state index in [0.29, 0.717) is 26.3 Å². The minimum atomic E-state index is -4.01. The molecule has 2 aliphatic heterocycles. The van der Waals surface area contributed by atoms with Crippen molar-refractivity contribution < 1.29 is 22.7 Å². The van der Waals surface area contributed by atoms with Crippen LogP contribution in [0.15, 0.2) is 53.4 Å². The van der Waals surface area contributed by atoms with Gasteiger partial charge in [-0.25, -0.2) is 8.42 Å². The van der Waals surface area contributed by atoms with Gasteiger partial charge in [0.05, 0.1) is 24.7 Å². The molecular weight excluding hydrogens is 480 g/mol. The minimum absolute atomic E-state index is 0.0594. The number of aromatic nitrogens is 1. The van der Waals surface area contributed by atoms with Crippen LogP contribution in [0.5, 0.6) is 0 Å². The monoisotopic (exact) mass is 512 g/mol. The predicted octanol–water partition coefficient (Wildman–Crippen LogP) is 2.59. The number of carbonyl (C=O) groups excluding carboxylic acids is 1. The number of ether oxygens (including phenoxy) is 2. The van der Waals surface area contributed by atoms with Gasteiger partial charge < -0.3 is 24.3 Å². The van der Waals surface area contributed by atoms with Crippen LogP contribution in [0, 0.1) is 0 Å². The number of aromatic amines is 1. The highest BCUT2D eigenvalue weighted by Crippen LogP contribution is 2.36. The Morgan fingerprint density at radius 1 is 1.08 bits per heavy atom. The highest BCUT2D eigenvalue weighted by molar-refractivity contribution is 7.89. The molecule has 0 aliphatic carbocycles. The number of rotatable bonds is 8. The van der Waals surface area contributed by atoms with E-state index in [-0.39, 0.29) is 17.4 Å². The smallest absolute Gasteiger partial charge is 0.243 e. The molecule has 0 radical (unpaired) electrons. The summed E-state index contributed by atoms with van der Waals surface area (Å²) in [6, 6.07) is 14.2. The van der Waals surface area contributed by atoms with Gasteiger partial charge in [-0.1, -0.05) is 18.2 Å². The number of hydrogen-bond acceptors (Lipinski definition) is 6. The number of nitrogens with one attached hydrogen (secondary N) is 2. The summed E-state index contributed by atoms with van der Waals surface area (Å²) in [5.74, 6) is -0.312. The molecule has 3 aromatic rings. The number of para-hydroxylation sites is 1. The number of benzene rings is 2. The largest absolute Gasteiger partial charge is 0.382 e. The Morgan fingerprint density at radius 3 is 2.56 bits per heavy atom. The standard InChI is InChI=1S/C26H32N4O5S/c1-34-18-24(26(31)30-12-14-35-15-13-30)28-36(32,33)20-8-9-25(29-10-4-5-11-29)21(17-20)23-16-19-6-2-3-7-22(19)27-23/h2-3,6-9,16-17,24,27-28H,4-5,10-15,18H2,1H3. The third-order valence-corrected chi connectivity index (χ3v) is 8.27. The van der Waals surface area contributed by atoms with Crippen molar-refractivity contribution in [3.05, 3.63) is 48.5 Å². The number of morpholine rings is 1. The van der Waals surface area contributed by atoms with E-state index in [2.05, 4.69) is 14.6 Å². The van der Waals surface area contributed by atoms with Crippen molar-refractivity contribution in [3.8, 4) is 11.3 Å². The van der Waals surface area contributed by atoms with E-state index in [9.17, 15) is 13.2 Å². The summed E-state index contributed by atoms with van der Waals surface area (Å²) in [6.45, 7) is 3.53. The fourth-order valence-electron chi connectivity index (χ4n) is 4.93. The van der Waals surface area contributed by atoms with E-state index in [4.69, 9.17) is 9.47 Å². The van der Waals surface area contributed by atoms with E-state index >= 15 is 0 Å². The molecule has 10 heteroatoms. The maximum Gasteiger partial charge on any atom is 0.243 e. The summed E-state index contributed by atoms with van der Waals surface area (Å²) in [7, 11) is -2.56. The molecule has 0 bridgehead atoms. The van der Waals surface area contributed by atoms with Crippen molar-refractivity contribution in [2.24, 2.45) is 0 Å². The van der Waals surface area contributed by atoms with Crippen molar-refractivity contribution in [3.63, 3.8) is 0 Å². The number of anilines is 1. The SMILES string of the molecule is COCC(NS(=O)(=O)c1ccc(N2CCCC2)c(-c2cc3ccccc3[nH]2)c1)C(=O)N1CCOCC1. The third kappa shape index (κ3) is 5.12. The molecule has 0 saturated carbocycles. The Kier molecular flexibility index (Phi) is 7.29. The van der Waals surface area contributed by atoms with Gasteiger partial charge in [0.2, 0.25) is 15.9 Å². The van der Waals surface area contributed by atoms with Crippen molar-refractivity contribution in [1.82, 2.24) is 14.6 Å². The molecule has 5 rings (SSSR count). The minimum Gasteiger partial charge on any atom is -0.382 e. The molecule has 0 spiro atoms. The maximum absolute atomic E-state index is 13.5. The molecular formula is C26H32N4O5S. The molecule has 192 valence electrons. The van der Waals surface area contributed by atoms with Crippen LogP contribution in [0.25, 0.3) is 22.2 Å². The number of H-pyrrole nitrogens is 1. The van der Waals surface area contributed by atoms with Gasteiger partial charge in [-0.05, 0) is 43.2 Å². The molecule has 9 nitrogen and oxygen atoms in total. The topological polar surface area (TPSA) is 104 Å². The summed E-state index contributed by atoms with van der Waals surface area (Å²) < 4.78 is 40.1. The Hall–Kier alpha value is -2.92. The second-order valence-corrected chi connectivity index (χ2v) is 10.9. The summed E-state index contributed by atoms with van der Waals surface area (Å²) in [5.41, 5.74) is 3.66. The zero-order valence-electron chi connectivity index (χ0n) is 20.4. The van der Waals surface area contributed by atoms with Gasteiger partial charge >= 0.3 is 0 Å². The van der Waals surface area contributed by atoms with Crippen molar-refractivity contribution in [2.75, 3.05) is 58.0 Å². The molecule has 2 aromatic carbocycles. The van der Waals surface area contributed by atoms with Crippen LogP contribution in [0.3, 0.4) is 0 Å². The Labute approximate surface area is 211 Å². The fourth-order valence-corrected chi connectivity index (χ4v) is 6.13. The van der Waals surface area contributed by atoms with Crippen molar-refractivity contribution in [2.45, 2.75) is 23.8 Å². The normalized spacial score (nSPS) is 17.6. The first-order valence-corrected chi connectivity index (χ1v) is 13.8. The average Bonchev–Trinajstić information content (AvgIpc) is 3.58. The van der Waals surface area contributed by atoms with E-state index < -0.39 is 16.1 Å². The second-order valence-electron chi connectivity index (χ2n) is 9.21. The predicted molar refractivity (Wildman–Crippen MR) is 139 cm³/mol. The van der Waals surface area contributed by atoms with Gasteiger partial charge in [-0.15, -0.1) is 0 Å². The molecule has 1 aromatic heterocycles. The Bertz CT molecular complexity index is 1290. The summed E-state index contributed by atoms with van der Waals surface area (Å²) in [6.07, 6.45) is 2.21. The van der Waals surface area contributed by atoms with E-state index in [1.54, 1.807) is 17.0 Å². The summed E-state index contributed by atoms with van der Waals surface area (Å²) in [5, 5.41) is 1.06. The second kappa shape index (κ2) is 10.6.